The number of hydrogen-bond acceptors (Lipinski definition) is 4. The first kappa shape index (κ1) is 19.4. The van der Waals surface area contributed by atoms with E-state index in [1.165, 1.54) is 15.3 Å². The van der Waals surface area contributed by atoms with Crippen LogP contribution in [0.15, 0.2) is 23.1 Å². The number of H-pyrrole nitrogens is 1. The normalized spacial score (nSPS) is 16.4. The third-order valence-corrected chi connectivity index (χ3v) is 6.74. The molecule has 27 heavy (non-hydrogen) atoms. The van der Waals surface area contributed by atoms with Gasteiger partial charge in [0.15, 0.2) is 0 Å². The van der Waals surface area contributed by atoms with Gasteiger partial charge in [0, 0.05) is 26.2 Å². The fourth-order valence-electron chi connectivity index (χ4n) is 3.25. The summed E-state index contributed by atoms with van der Waals surface area (Å²) in [5.41, 5.74) is 0.201. The summed E-state index contributed by atoms with van der Waals surface area (Å²) in [5.74, 6) is -2.64. The van der Waals surface area contributed by atoms with Gasteiger partial charge in [0.25, 0.3) is 5.91 Å². The van der Waals surface area contributed by atoms with Gasteiger partial charge in [-0.25, -0.2) is 17.2 Å². The molecule has 2 heterocycles. The SMILES string of the molecule is Cc1n[nH]c(C)c1S(=O)(=O)N1CCCN(C(=O)c2c(F)cccc2F)CC1. The maximum absolute atomic E-state index is 13.9. The number of carbonyl (C=O) groups is 1. The molecule has 0 spiro atoms. The third kappa shape index (κ3) is 3.59. The molecule has 1 aliphatic rings. The van der Waals surface area contributed by atoms with Gasteiger partial charge < -0.3 is 4.90 Å². The number of sulfonamides is 1. The van der Waals surface area contributed by atoms with Gasteiger partial charge in [-0.2, -0.15) is 9.40 Å². The van der Waals surface area contributed by atoms with Crippen LogP contribution < -0.4 is 0 Å². The monoisotopic (exact) mass is 398 g/mol. The van der Waals surface area contributed by atoms with E-state index in [0.717, 1.165) is 12.1 Å². The van der Waals surface area contributed by atoms with Crippen molar-refractivity contribution < 1.29 is 22.0 Å². The summed E-state index contributed by atoms with van der Waals surface area (Å²) in [6.45, 7) is 3.72. The highest BCUT2D eigenvalue weighted by molar-refractivity contribution is 7.89. The average Bonchev–Trinajstić information content (AvgIpc) is 2.81. The molecule has 0 atom stereocenters. The van der Waals surface area contributed by atoms with Crippen LogP contribution in [0.3, 0.4) is 0 Å². The van der Waals surface area contributed by atoms with Crippen molar-refractivity contribution in [2.75, 3.05) is 26.2 Å². The maximum atomic E-state index is 13.9. The molecule has 1 aromatic heterocycles. The van der Waals surface area contributed by atoms with Crippen molar-refractivity contribution in [1.29, 1.82) is 0 Å². The quantitative estimate of drug-likeness (QED) is 0.855. The largest absolute Gasteiger partial charge is 0.337 e. The molecule has 1 N–H and O–H groups in total. The molecule has 0 radical (unpaired) electrons. The van der Waals surface area contributed by atoms with Crippen LogP contribution in [-0.4, -0.2) is 59.9 Å². The Labute approximate surface area is 156 Å². The van der Waals surface area contributed by atoms with E-state index in [0.29, 0.717) is 17.8 Å². The van der Waals surface area contributed by atoms with E-state index in [-0.39, 0.29) is 31.1 Å². The minimum Gasteiger partial charge on any atom is -0.337 e. The van der Waals surface area contributed by atoms with Gasteiger partial charge in [-0.3, -0.25) is 9.89 Å². The molecule has 146 valence electrons. The van der Waals surface area contributed by atoms with Crippen molar-refractivity contribution in [2.24, 2.45) is 0 Å². The lowest BCUT2D eigenvalue weighted by atomic mass is 10.1. The number of rotatable bonds is 3. The van der Waals surface area contributed by atoms with Crippen LogP contribution in [0.2, 0.25) is 0 Å². The zero-order valence-electron chi connectivity index (χ0n) is 15.0. The topological polar surface area (TPSA) is 86.4 Å². The second-order valence-corrected chi connectivity index (χ2v) is 8.28. The van der Waals surface area contributed by atoms with Gasteiger partial charge in [-0.15, -0.1) is 0 Å². The van der Waals surface area contributed by atoms with Crippen molar-refractivity contribution in [3.8, 4) is 0 Å². The molecular formula is C17H20F2N4O3S. The van der Waals surface area contributed by atoms with Crippen LogP contribution in [0, 0.1) is 25.5 Å². The van der Waals surface area contributed by atoms with E-state index >= 15 is 0 Å². The third-order valence-electron chi connectivity index (χ3n) is 4.58. The second kappa shape index (κ2) is 7.35. The van der Waals surface area contributed by atoms with E-state index < -0.39 is 33.1 Å². The Morgan fingerprint density at radius 1 is 1.11 bits per heavy atom. The lowest BCUT2D eigenvalue weighted by Crippen LogP contribution is -2.38. The molecule has 1 fully saturated rings. The summed E-state index contributed by atoms with van der Waals surface area (Å²) in [6.07, 6.45) is 0.358. The van der Waals surface area contributed by atoms with Gasteiger partial charge >= 0.3 is 0 Å². The van der Waals surface area contributed by atoms with E-state index in [1.54, 1.807) is 13.8 Å². The molecule has 7 nitrogen and oxygen atoms in total. The van der Waals surface area contributed by atoms with E-state index in [2.05, 4.69) is 10.2 Å². The van der Waals surface area contributed by atoms with Gasteiger partial charge in [-0.05, 0) is 32.4 Å². The number of aromatic amines is 1. The van der Waals surface area contributed by atoms with E-state index in [9.17, 15) is 22.0 Å². The van der Waals surface area contributed by atoms with Crippen molar-refractivity contribution in [3.05, 3.63) is 46.8 Å². The van der Waals surface area contributed by atoms with Crippen LogP contribution in [0.1, 0.15) is 28.2 Å². The number of halogens is 2. The summed E-state index contributed by atoms with van der Waals surface area (Å²) in [4.78, 5) is 14.0. The van der Waals surface area contributed by atoms with Crippen LogP contribution in [-0.2, 0) is 10.0 Å². The van der Waals surface area contributed by atoms with Crippen LogP contribution >= 0.6 is 0 Å². The molecular weight excluding hydrogens is 378 g/mol. The molecule has 0 bridgehead atoms. The maximum Gasteiger partial charge on any atom is 0.259 e. The van der Waals surface area contributed by atoms with Crippen LogP contribution in [0.5, 0.6) is 0 Å². The molecule has 0 unspecified atom stereocenters. The number of nitrogens with zero attached hydrogens (tertiary/aromatic N) is 3. The zero-order chi connectivity index (χ0) is 19.8. The first-order valence-electron chi connectivity index (χ1n) is 8.48. The Kier molecular flexibility index (Phi) is 5.29. The molecule has 10 heteroatoms. The van der Waals surface area contributed by atoms with E-state index in [1.807, 2.05) is 0 Å². The summed E-state index contributed by atoms with van der Waals surface area (Å²) >= 11 is 0. The lowest BCUT2D eigenvalue weighted by molar-refractivity contribution is 0.0754. The molecule has 3 rings (SSSR count). The Morgan fingerprint density at radius 2 is 1.78 bits per heavy atom. The summed E-state index contributed by atoms with van der Waals surface area (Å²) < 4.78 is 54.9. The van der Waals surface area contributed by atoms with Crippen molar-refractivity contribution >= 4 is 15.9 Å². The zero-order valence-corrected chi connectivity index (χ0v) is 15.8. The van der Waals surface area contributed by atoms with Gasteiger partial charge in [0.05, 0.1) is 11.4 Å². The Morgan fingerprint density at radius 3 is 2.37 bits per heavy atom. The number of amides is 1. The predicted octanol–water partition coefficient (Wildman–Crippen LogP) is 1.84. The van der Waals surface area contributed by atoms with Crippen molar-refractivity contribution in [1.82, 2.24) is 19.4 Å². The Balaban J connectivity index is 1.81. The van der Waals surface area contributed by atoms with Crippen LogP contribution in [0.25, 0.3) is 0 Å². The highest BCUT2D eigenvalue weighted by atomic mass is 32.2. The number of aromatic nitrogens is 2. The fourth-order valence-corrected chi connectivity index (χ4v) is 5.05. The Hall–Kier alpha value is -2.33. The number of nitrogens with one attached hydrogen (secondary N) is 1. The standard InChI is InChI=1S/C17H20F2N4O3S/c1-11-16(12(2)21-20-11)27(25,26)23-8-4-7-22(9-10-23)17(24)15-13(18)5-3-6-14(15)19/h3,5-6H,4,7-10H2,1-2H3,(H,20,21). The summed E-state index contributed by atoms with van der Waals surface area (Å²) in [7, 11) is -3.78. The van der Waals surface area contributed by atoms with Gasteiger partial charge in [-0.1, -0.05) is 6.07 Å². The van der Waals surface area contributed by atoms with Crippen LogP contribution in [0.4, 0.5) is 8.78 Å². The molecule has 1 aromatic carbocycles. The number of aryl methyl sites for hydroxylation is 2. The Bertz CT molecular complexity index is 935. The number of benzene rings is 1. The predicted molar refractivity (Wildman–Crippen MR) is 93.7 cm³/mol. The molecule has 1 aliphatic heterocycles. The highest BCUT2D eigenvalue weighted by Gasteiger charge is 2.32. The lowest BCUT2D eigenvalue weighted by Gasteiger charge is -2.22. The highest BCUT2D eigenvalue weighted by Crippen LogP contribution is 2.23. The van der Waals surface area contributed by atoms with Crippen molar-refractivity contribution in [2.45, 2.75) is 25.2 Å². The summed E-state index contributed by atoms with van der Waals surface area (Å²) in [5, 5.41) is 6.58. The smallest absolute Gasteiger partial charge is 0.259 e. The second-order valence-electron chi connectivity index (χ2n) is 6.41. The minimum absolute atomic E-state index is 0.0359. The summed E-state index contributed by atoms with van der Waals surface area (Å²) in [6, 6.07) is 3.23. The van der Waals surface area contributed by atoms with Gasteiger partial charge in [0.2, 0.25) is 10.0 Å². The molecule has 1 amide bonds. The minimum atomic E-state index is -3.78. The molecule has 0 aliphatic carbocycles. The van der Waals surface area contributed by atoms with E-state index in [4.69, 9.17) is 0 Å². The fraction of sp³-hybridized carbons (Fsp3) is 0.412. The first-order valence-corrected chi connectivity index (χ1v) is 9.92. The number of hydrogen-bond donors (Lipinski definition) is 1. The number of carbonyl (C=O) groups excluding carboxylic acids is 1. The molecule has 2 aromatic rings. The molecule has 1 saturated heterocycles. The molecule has 0 saturated carbocycles. The first-order chi connectivity index (χ1) is 12.7. The van der Waals surface area contributed by atoms with Crippen molar-refractivity contribution in [3.63, 3.8) is 0 Å². The average molecular weight is 398 g/mol. The van der Waals surface area contributed by atoms with Gasteiger partial charge in [0.1, 0.15) is 22.1 Å².